The van der Waals surface area contributed by atoms with Crippen molar-refractivity contribution in [1.29, 1.82) is 0 Å². The van der Waals surface area contributed by atoms with Crippen LogP contribution in [0.25, 0.3) is 0 Å². The third-order valence-electron chi connectivity index (χ3n) is 1.45. The Bertz CT molecular complexity index is 128. The van der Waals surface area contributed by atoms with Gasteiger partial charge in [0.2, 0.25) is 0 Å². The van der Waals surface area contributed by atoms with Gasteiger partial charge >= 0.3 is 6.09 Å². The molecule has 0 saturated heterocycles. The number of ether oxygens (including phenoxy) is 1. The second-order valence-corrected chi connectivity index (χ2v) is 2.64. The van der Waals surface area contributed by atoms with Gasteiger partial charge in [0.05, 0.1) is 0 Å². The Balaban J connectivity index is 3.43. The van der Waals surface area contributed by atoms with E-state index >= 15 is 0 Å². The van der Waals surface area contributed by atoms with E-state index in [0.717, 1.165) is 13.0 Å². The summed E-state index contributed by atoms with van der Waals surface area (Å²) in [5.74, 6) is 0. The molecule has 72 valence electrons. The number of hydrogen-bond donors (Lipinski definition) is 1. The van der Waals surface area contributed by atoms with Gasteiger partial charge in [0, 0.05) is 20.1 Å². The quantitative estimate of drug-likeness (QED) is 0.623. The molecule has 0 radical (unpaired) electrons. The van der Waals surface area contributed by atoms with E-state index < -0.39 is 0 Å². The summed E-state index contributed by atoms with van der Waals surface area (Å²) >= 11 is 0. The smallest absolute Gasteiger partial charge is 0.409 e. The lowest BCUT2D eigenvalue weighted by Gasteiger charge is -2.15. The number of carbonyl (C=O) groups is 1. The Labute approximate surface area is 73.9 Å². The number of likely N-dealkylation sites (N-methyl/N-ethyl adjacent to an activating group) is 1. The van der Waals surface area contributed by atoms with Crippen molar-refractivity contribution < 1.29 is 9.53 Å². The van der Waals surface area contributed by atoms with Crippen LogP contribution in [-0.4, -0.2) is 44.8 Å². The topological polar surface area (TPSA) is 41.6 Å². The molecule has 4 nitrogen and oxygen atoms in total. The summed E-state index contributed by atoms with van der Waals surface area (Å²) in [6.07, 6.45) is 0.713. The maximum Gasteiger partial charge on any atom is 0.409 e. The van der Waals surface area contributed by atoms with Crippen LogP contribution in [0.3, 0.4) is 0 Å². The van der Waals surface area contributed by atoms with Crippen molar-refractivity contribution in [2.75, 3.05) is 33.8 Å². The van der Waals surface area contributed by atoms with Crippen molar-refractivity contribution in [3.8, 4) is 0 Å². The molecule has 0 atom stereocenters. The molecule has 1 N–H and O–H groups in total. The average molecular weight is 174 g/mol. The minimum Gasteiger partial charge on any atom is -0.448 e. The van der Waals surface area contributed by atoms with Crippen LogP contribution in [-0.2, 0) is 4.74 Å². The number of amides is 1. The maximum absolute atomic E-state index is 11.1. The van der Waals surface area contributed by atoms with Gasteiger partial charge in [-0.1, -0.05) is 6.92 Å². The molecular formula is C8H18N2O2. The molecule has 0 aliphatic carbocycles. The molecule has 0 aromatic heterocycles. The molecular weight excluding hydrogens is 156 g/mol. The fourth-order valence-electron chi connectivity index (χ4n) is 0.777. The summed E-state index contributed by atoms with van der Waals surface area (Å²) in [5.41, 5.74) is 0. The van der Waals surface area contributed by atoms with Crippen LogP contribution in [0.15, 0.2) is 0 Å². The molecule has 0 bridgehead atoms. The summed E-state index contributed by atoms with van der Waals surface area (Å²) in [4.78, 5) is 12.7. The molecule has 12 heavy (non-hydrogen) atoms. The highest BCUT2D eigenvalue weighted by atomic mass is 16.6. The van der Waals surface area contributed by atoms with Gasteiger partial charge in [0.1, 0.15) is 6.61 Å². The molecule has 0 aromatic rings. The molecule has 0 saturated carbocycles. The Morgan fingerprint density at radius 2 is 2.25 bits per heavy atom. The monoisotopic (exact) mass is 174 g/mol. The first-order chi connectivity index (χ1) is 5.72. The average Bonchev–Trinajstić information content (AvgIpc) is 2.05. The van der Waals surface area contributed by atoms with Crippen LogP contribution in [0.1, 0.15) is 13.3 Å². The van der Waals surface area contributed by atoms with Gasteiger partial charge in [-0.3, -0.25) is 0 Å². The largest absolute Gasteiger partial charge is 0.448 e. The first-order valence-corrected chi connectivity index (χ1v) is 4.24. The lowest BCUT2D eigenvalue weighted by Crippen LogP contribution is -2.30. The molecule has 0 fully saturated rings. The van der Waals surface area contributed by atoms with Crippen molar-refractivity contribution >= 4 is 6.09 Å². The first-order valence-electron chi connectivity index (χ1n) is 4.24. The lowest BCUT2D eigenvalue weighted by molar-refractivity contribution is 0.112. The van der Waals surface area contributed by atoms with E-state index in [1.807, 2.05) is 14.0 Å². The highest BCUT2D eigenvalue weighted by molar-refractivity contribution is 5.67. The molecule has 0 spiro atoms. The molecule has 0 aliphatic rings. The van der Waals surface area contributed by atoms with Crippen LogP contribution < -0.4 is 5.32 Å². The zero-order chi connectivity index (χ0) is 9.40. The molecule has 0 rings (SSSR count). The first kappa shape index (κ1) is 11.2. The fourth-order valence-corrected chi connectivity index (χ4v) is 0.777. The Kier molecular flexibility index (Phi) is 6.47. The third-order valence-corrected chi connectivity index (χ3v) is 1.45. The lowest BCUT2D eigenvalue weighted by atomic mass is 10.5. The molecule has 0 aromatic carbocycles. The van der Waals surface area contributed by atoms with Crippen molar-refractivity contribution in [1.82, 2.24) is 10.2 Å². The van der Waals surface area contributed by atoms with Gasteiger partial charge in [-0.05, 0) is 13.5 Å². The highest BCUT2D eigenvalue weighted by Crippen LogP contribution is 1.91. The Morgan fingerprint density at radius 1 is 1.58 bits per heavy atom. The van der Waals surface area contributed by atoms with Crippen LogP contribution in [0.4, 0.5) is 4.79 Å². The number of rotatable bonds is 5. The predicted octanol–water partition coefficient (Wildman–Crippen LogP) is 0.684. The van der Waals surface area contributed by atoms with E-state index in [4.69, 9.17) is 4.74 Å². The van der Waals surface area contributed by atoms with Gasteiger partial charge < -0.3 is 15.0 Å². The number of nitrogens with zero attached hydrogens (tertiary/aromatic N) is 1. The zero-order valence-electron chi connectivity index (χ0n) is 8.09. The van der Waals surface area contributed by atoms with E-state index in [2.05, 4.69) is 5.32 Å². The van der Waals surface area contributed by atoms with Crippen molar-refractivity contribution in [3.63, 3.8) is 0 Å². The highest BCUT2D eigenvalue weighted by Gasteiger charge is 2.06. The van der Waals surface area contributed by atoms with Crippen LogP contribution in [0.2, 0.25) is 0 Å². The second kappa shape index (κ2) is 6.91. The Morgan fingerprint density at radius 3 is 2.75 bits per heavy atom. The molecule has 1 amide bonds. The van der Waals surface area contributed by atoms with Crippen molar-refractivity contribution in [2.45, 2.75) is 13.3 Å². The molecule has 0 aliphatic heterocycles. The van der Waals surface area contributed by atoms with Gasteiger partial charge in [-0.25, -0.2) is 4.79 Å². The molecule has 0 heterocycles. The number of hydrogen-bond acceptors (Lipinski definition) is 3. The van der Waals surface area contributed by atoms with Gasteiger partial charge in [-0.15, -0.1) is 0 Å². The zero-order valence-corrected chi connectivity index (χ0v) is 8.09. The third kappa shape index (κ3) is 4.96. The van der Waals surface area contributed by atoms with E-state index in [-0.39, 0.29) is 6.09 Å². The normalized spacial score (nSPS) is 9.58. The summed E-state index contributed by atoms with van der Waals surface area (Å²) < 4.78 is 4.92. The molecule has 4 heteroatoms. The second-order valence-electron chi connectivity index (χ2n) is 2.64. The minimum absolute atomic E-state index is 0.243. The van der Waals surface area contributed by atoms with Crippen molar-refractivity contribution in [2.24, 2.45) is 0 Å². The SMILES string of the molecule is CCCN(C)C(=O)OCCNC. The Hall–Kier alpha value is -0.770. The van der Waals surface area contributed by atoms with Crippen LogP contribution in [0, 0.1) is 0 Å². The minimum atomic E-state index is -0.243. The van der Waals surface area contributed by atoms with E-state index in [9.17, 15) is 4.79 Å². The molecule has 0 unspecified atom stereocenters. The summed E-state index contributed by atoms with van der Waals surface area (Å²) in [6, 6.07) is 0. The summed E-state index contributed by atoms with van der Waals surface area (Å²) in [6.45, 7) is 3.91. The summed E-state index contributed by atoms with van der Waals surface area (Å²) in [5, 5.41) is 2.90. The fraction of sp³-hybridized carbons (Fsp3) is 0.875. The summed E-state index contributed by atoms with van der Waals surface area (Å²) in [7, 11) is 3.56. The predicted molar refractivity (Wildman–Crippen MR) is 48.2 cm³/mol. The standard InChI is InChI=1S/C8H18N2O2/c1-4-6-10(3)8(11)12-7-5-9-2/h9H,4-7H2,1-3H3. The van der Waals surface area contributed by atoms with Gasteiger partial charge in [0.25, 0.3) is 0 Å². The van der Waals surface area contributed by atoms with E-state index in [1.54, 1.807) is 11.9 Å². The van der Waals surface area contributed by atoms with Gasteiger partial charge in [-0.2, -0.15) is 0 Å². The number of nitrogens with one attached hydrogen (secondary N) is 1. The van der Waals surface area contributed by atoms with E-state index in [0.29, 0.717) is 13.2 Å². The van der Waals surface area contributed by atoms with Crippen LogP contribution in [0.5, 0.6) is 0 Å². The number of carbonyl (C=O) groups excluding carboxylic acids is 1. The maximum atomic E-state index is 11.1. The van der Waals surface area contributed by atoms with Crippen LogP contribution >= 0.6 is 0 Å². The van der Waals surface area contributed by atoms with Crippen molar-refractivity contribution in [3.05, 3.63) is 0 Å². The van der Waals surface area contributed by atoms with E-state index in [1.165, 1.54) is 0 Å². The van der Waals surface area contributed by atoms with Gasteiger partial charge in [0.15, 0.2) is 0 Å².